The first-order chi connectivity index (χ1) is 9.89. The summed E-state index contributed by atoms with van der Waals surface area (Å²) >= 11 is 0. The Morgan fingerprint density at radius 2 is 1.95 bits per heavy atom. The number of rotatable bonds is 9. The van der Waals surface area contributed by atoms with Crippen molar-refractivity contribution in [2.24, 2.45) is 0 Å². The van der Waals surface area contributed by atoms with Crippen molar-refractivity contribution in [3.05, 3.63) is 0 Å². The number of aliphatic hydroxyl groups is 1. The van der Waals surface area contributed by atoms with Gasteiger partial charge in [0, 0.05) is 30.7 Å². The van der Waals surface area contributed by atoms with Crippen LogP contribution in [0.5, 0.6) is 0 Å². The maximum atomic E-state index is 9.78. The number of aliphatic hydroxyl groups excluding tert-OH is 1. The van der Waals surface area contributed by atoms with Crippen LogP contribution in [0.15, 0.2) is 0 Å². The second-order valence-corrected chi connectivity index (χ2v) is 7.33. The minimum atomic E-state index is -0.0713. The summed E-state index contributed by atoms with van der Waals surface area (Å²) in [6.45, 7) is 14.9. The van der Waals surface area contributed by atoms with Crippen LogP contribution in [0, 0.1) is 0 Å². The molecule has 0 amide bonds. The fourth-order valence-corrected chi connectivity index (χ4v) is 3.20. The molecule has 0 bridgehead atoms. The molecule has 1 atom stereocenters. The third-order valence-corrected chi connectivity index (χ3v) is 5.25. The zero-order valence-corrected chi connectivity index (χ0v) is 14.9. The molecule has 1 fully saturated rings. The van der Waals surface area contributed by atoms with Crippen molar-refractivity contribution in [3.63, 3.8) is 0 Å². The Balaban J connectivity index is 2.40. The van der Waals surface area contributed by atoms with E-state index in [4.69, 9.17) is 0 Å². The van der Waals surface area contributed by atoms with Crippen LogP contribution >= 0.6 is 0 Å². The van der Waals surface area contributed by atoms with Gasteiger partial charge in [0.1, 0.15) is 0 Å². The Morgan fingerprint density at radius 3 is 2.48 bits per heavy atom. The van der Waals surface area contributed by atoms with Gasteiger partial charge in [0.15, 0.2) is 0 Å². The van der Waals surface area contributed by atoms with E-state index in [9.17, 15) is 5.11 Å². The van der Waals surface area contributed by atoms with Crippen LogP contribution in [0.1, 0.15) is 53.4 Å². The van der Waals surface area contributed by atoms with Gasteiger partial charge >= 0.3 is 0 Å². The molecule has 0 aromatic carbocycles. The molecule has 0 spiro atoms. The van der Waals surface area contributed by atoms with E-state index in [0.29, 0.717) is 0 Å². The van der Waals surface area contributed by atoms with E-state index in [1.165, 1.54) is 6.54 Å². The molecule has 4 heteroatoms. The van der Waals surface area contributed by atoms with Gasteiger partial charge in [-0.15, -0.1) is 0 Å². The SMILES string of the molecule is CCCNC(CC)(CO)CCCN1CCN(C)C(C)(C)C1. The Labute approximate surface area is 131 Å². The third-order valence-electron chi connectivity index (χ3n) is 5.25. The van der Waals surface area contributed by atoms with Crippen LogP contribution < -0.4 is 5.32 Å². The number of nitrogens with zero attached hydrogens (tertiary/aromatic N) is 2. The highest BCUT2D eigenvalue weighted by molar-refractivity contribution is 4.90. The number of likely N-dealkylation sites (N-methyl/N-ethyl adjacent to an activating group) is 1. The molecule has 21 heavy (non-hydrogen) atoms. The summed E-state index contributed by atoms with van der Waals surface area (Å²) < 4.78 is 0. The van der Waals surface area contributed by atoms with Crippen LogP contribution in [0.4, 0.5) is 0 Å². The van der Waals surface area contributed by atoms with Gasteiger partial charge in [0.25, 0.3) is 0 Å². The van der Waals surface area contributed by atoms with Gasteiger partial charge in [-0.3, -0.25) is 4.90 Å². The summed E-state index contributed by atoms with van der Waals surface area (Å²) in [6.07, 6.45) is 4.34. The lowest BCUT2D eigenvalue weighted by Crippen LogP contribution is -2.57. The highest BCUT2D eigenvalue weighted by Crippen LogP contribution is 2.21. The van der Waals surface area contributed by atoms with Gasteiger partial charge in [-0.1, -0.05) is 13.8 Å². The van der Waals surface area contributed by atoms with Crippen LogP contribution in [0.3, 0.4) is 0 Å². The van der Waals surface area contributed by atoms with E-state index in [1.54, 1.807) is 0 Å². The van der Waals surface area contributed by atoms with Gasteiger partial charge in [-0.05, 0) is 59.7 Å². The lowest BCUT2D eigenvalue weighted by Gasteiger charge is -2.45. The van der Waals surface area contributed by atoms with Crippen LogP contribution in [-0.4, -0.2) is 72.4 Å². The summed E-state index contributed by atoms with van der Waals surface area (Å²) in [7, 11) is 2.22. The Bertz CT molecular complexity index is 290. The molecule has 1 aliphatic rings. The summed E-state index contributed by atoms with van der Waals surface area (Å²) in [4.78, 5) is 5.04. The van der Waals surface area contributed by atoms with Crippen LogP contribution in [-0.2, 0) is 0 Å². The molecule has 0 aliphatic carbocycles. The van der Waals surface area contributed by atoms with Gasteiger partial charge < -0.3 is 15.3 Å². The van der Waals surface area contributed by atoms with E-state index in [2.05, 4.69) is 49.9 Å². The Kier molecular flexibility index (Phi) is 7.62. The monoisotopic (exact) mass is 299 g/mol. The fourth-order valence-electron chi connectivity index (χ4n) is 3.20. The number of hydrogen-bond donors (Lipinski definition) is 2. The number of hydrogen-bond acceptors (Lipinski definition) is 4. The molecule has 1 heterocycles. The average Bonchev–Trinajstić information content (AvgIpc) is 2.46. The molecule has 4 nitrogen and oxygen atoms in total. The normalized spacial score (nSPS) is 23.1. The smallest absolute Gasteiger partial charge is 0.0613 e. The topological polar surface area (TPSA) is 38.7 Å². The van der Waals surface area contributed by atoms with Crippen molar-refractivity contribution in [2.75, 3.05) is 46.4 Å². The van der Waals surface area contributed by atoms with Crippen LogP contribution in [0.2, 0.25) is 0 Å². The highest BCUT2D eigenvalue weighted by Gasteiger charge is 2.31. The van der Waals surface area contributed by atoms with Gasteiger partial charge in [-0.25, -0.2) is 0 Å². The van der Waals surface area contributed by atoms with Crippen molar-refractivity contribution in [2.45, 2.75) is 64.5 Å². The van der Waals surface area contributed by atoms with Gasteiger partial charge in [-0.2, -0.15) is 0 Å². The van der Waals surface area contributed by atoms with Crippen molar-refractivity contribution in [1.29, 1.82) is 0 Å². The third kappa shape index (κ3) is 5.51. The molecule has 0 saturated carbocycles. The van der Waals surface area contributed by atoms with Crippen molar-refractivity contribution in [1.82, 2.24) is 15.1 Å². The summed E-state index contributed by atoms with van der Waals surface area (Å²) in [6, 6.07) is 0. The van der Waals surface area contributed by atoms with E-state index >= 15 is 0 Å². The van der Waals surface area contributed by atoms with Gasteiger partial charge in [0.2, 0.25) is 0 Å². The molecular formula is C17H37N3O. The molecule has 126 valence electrons. The van der Waals surface area contributed by atoms with Crippen molar-refractivity contribution >= 4 is 0 Å². The first kappa shape index (κ1) is 18.9. The number of piperazine rings is 1. The quantitative estimate of drug-likeness (QED) is 0.682. The molecule has 2 N–H and O–H groups in total. The van der Waals surface area contributed by atoms with Crippen molar-refractivity contribution in [3.8, 4) is 0 Å². The lowest BCUT2D eigenvalue weighted by molar-refractivity contribution is 0.0369. The summed E-state index contributed by atoms with van der Waals surface area (Å²) in [5.74, 6) is 0. The maximum Gasteiger partial charge on any atom is 0.0613 e. The second-order valence-electron chi connectivity index (χ2n) is 7.33. The minimum absolute atomic E-state index is 0.0713. The molecule has 1 rings (SSSR count). The Morgan fingerprint density at radius 1 is 1.24 bits per heavy atom. The molecule has 0 radical (unpaired) electrons. The van der Waals surface area contributed by atoms with E-state index in [-0.39, 0.29) is 17.7 Å². The molecule has 1 unspecified atom stereocenters. The molecule has 0 aromatic rings. The summed E-state index contributed by atoms with van der Waals surface area (Å²) in [5, 5.41) is 13.3. The zero-order valence-electron chi connectivity index (χ0n) is 14.9. The molecular weight excluding hydrogens is 262 g/mol. The Hall–Kier alpha value is -0.160. The first-order valence-corrected chi connectivity index (χ1v) is 8.68. The maximum absolute atomic E-state index is 9.78. The molecule has 0 aromatic heterocycles. The molecule has 1 saturated heterocycles. The van der Waals surface area contributed by atoms with E-state index in [1.807, 2.05) is 0 Å². The average molecular weight is 300 g/mol. The highest BCUT2D eigenvalue weighted by atomic mass is 16.3. The largest absolute Gasteiger partial charge is 0.394 e. The number of nitrogens with one attached hydrogen (secondary N) is 1. The zero-order chi connectivity index (χ0) is 15.9. The van der Waals surface area contributed by atoms with Gasteiger partial charge in [0.05, 0.1) is 6.61 Å². The molecule has 1 aliphatic heterocycles. The summed E-state index contributed by atoms with van der Waals surface area (Å²) in [5.41, 5.74) is 0.204. The van der Waals surface area contributed by atoms with Crippen LogP contribution in [0.25, 0.3) is 0 Å². The van der Waals surface area contributed by atoms with E-state index < -0.39 is 0 Å². The lowest BCUT2D eigenvalue weighted by atomic mass is 9.90. The predicted molar refractivity (Wildman–Crippen MR) is 90.8 cm³/mol. The minimum Gasteiger partial charge on any atom is -0.394 e. The fraction of sp³-hybridized carbons (Fsp3) is 1.00. The van der Waals surface area contributed by atoms with Crippen molar-refractivity contribution < 1.29 is 5.11 Å². The second kappa shape index (κ2) is 8.47. The van der Waals surface area contributed by atoms with E-state index in [0.717, 1.165) is 51.9 Å². The predicted octanol–water partition coefficient (Wildman–Crippen LogP) is 1.93. The standard InChI is InChI=1S/C17H37N3O/c1-6-10-18-17(7-2,15-21)9-8-11-20-13-12-19(5)16(3,4)14-20/h18,21H,6-15H2,1-5H3. The first-order valence-electron chi connectivity index (χ1n) is 8.68.